The highest BCUT2D eigenvalue weighted by Gasteiger charge is 2.54. The van der Waals surface area contributed by atoms with Crippen LogP contribution < -0.4 is 15.8 Å². The Bertz CT molecular complexity index is 2180. The van der Waals surface area contributed by atoms with Crippen LogP contribution in [0.5, 0.6) is 23.0 Å². The van der Waals surface area contributed by atoms with Crippen LogP contribution in [0.15, 0.2) is 103 Å². The lowest BCUT2D eigenvalue weighted by Crippen LogP contribution is -2.47. The van der Waals surface area contributed by atoms with Gasteiger partial charge in [0.1, 0.15) is 28.4 Å². The van der Waals surface area contributed by atoms with Gasteiger partial charge in [-0.25, -0.2) is 4.79 Å². The number of benzene rings is 4. The van der Waals surface area contributed by atoms with Gasteiger partial charge in [0, 0.05) is 64.9 Å². The van der Waals surface area contributed by atoms with Gasteiger partial charge in [-0.15, -0.1) is 0 Å². The van der Waals surface area contributed by atoms with Crippen LogP contribution in [0.2, 0.25) is 0 Å². The molecule has 0 radical (unpaired) electrons. The van der Waals surface area contributed by atoms with Crippen molar-refractivity contribution in [3.05, 3.63) is 142 Å². The van der Waals surface area contributed by atoms with Gasteiger partial charge in [0.15, 0.2) is 5.60 Å². The minimum absolute atomic E-state index is 0.0626. The van der Waals surface area contributed by atoms with Gasteiger partial charge in [-0.1, -0.05) is 18.2 Å². The highest BCUT2D eigenvalue weighted by molar-refractivity contribution is 6.06. The van der Waals surface area contributed by atoms with E-state index in [0.29, 0.717) is 46.6 Å². The van der Waals surface area contributed by atoms with E-state index in [9.17, 15) is 24.6 Å². The number of hydrogen-bond acceptors (Lipinski definition) is 9. The fraction of sp³-hybridized carbons (Fsp3) is 0.238. The van der Waals surface area contributed by atoms with Crippen molar-refractivity contribution < 1.29 is 34.1 Å². The molecule has 270 valence electrons. The number of hydrogen-bond donors (Lipinski definition) is 4. The molecule has 5 N–H and O–H groups in total. The summed E-state index contributed by atoms with van der Waals surface area (Å²) in [6, 6.07) is 26.6. The first-order valence-corrected chi connectivity index (χ1v) is 17.5. The van der Waals surface area contributed by atoms with Crippen LogP contribution in [0.3, 0.4) is 0 Å². The number of phenolic OH excluding ortho intramolecular Hbond substituents is 2. The summed E-state index contributed by atoms with van der Waals surface area (Å²) in [5.74, 6) is -1.23. The normalized spacial score (nSPS) is 15.0. The number of amides is 2. The molecule has 1 unspecified atom stereocenters. The SMILES string of the molecule is CC(C)N(CCC(C(N)=O)(c1ccc(NC(=O)c2ccc3c(c2)C2(OC3=O)c3ccc(O)cc3Oc3cc(O)ccc32)cc1)c1ccccn1)C(C)C. The standard InChI is InChI=1S/C42H40N4O7/c1-24(2)46(25(3)4)20-18-41(40(43)51,37-7-5-6-19-44-37)27-9-11-28(12-10-27)45-38(49)26-8-15-31-34(21-26)42(53-39(31)50)32-16-13-29(47)22-35(32)52-36-23-30(48)14-17-33(36)42/h5-17,19,21-25,47-48H,18,20H2,1-4H3,(H2,43,51)(H,45,49). The second-order valence-corrected chi connectivity index (χ2v) is 14.0. The number of phenols is 2. The van der Waals surface area contributed by atoms with Crippen LogP contribution in [0.1, 0.15) is 82.8 Å². The topological polar surface area (TPSA) is 164 Å². The first-order valence-electron chi connectivity index (χ1n) is 17.5. The fourth-order valence-corrected chi connectivity index (χ4v) is 7.72. The Morgan fingerprint density at radius 2 is 1.49 bits per heavy atom. The molecule has 1 atom stereocenters. The maximum Gasteiger partial charge on any atom is 0.340 e. The van der Waals surface area contributed by atoms with Gasteiger partial charge in [0.05, 0.1) is 11.3 Å². The average molecular weight is 713 g/mol. The number of pyridine rings is 1. The van der Waals surface area contributed by atoms with Crippen LogP contribution in [-0.2, 0) is 20.5 Å². The number of fused-ring (bicyclic) bond motifs is 6. The lowest BCUT2D eigenvalue weighted by Gasteiger charge is -2.36. The molecule has 4 aromatic carbocycles. The largest absolute Gasteiger partial charge is 0.508 e. The monoisotopic (exact) mass is 712 g/mol. The molecule has 1 aromatic heterocycles. The third-order valence-corrected chi connectivity index (χ3v) is 10.3. The molecule has 11 nitrogen and oxygen atoms in total. The third-order valence-electron chi connectivity index (χ3n) is 10.3. The maximum atomic E-state index is 13.8. The van der Waals surface area contributed by atoms with Crippen molar-refractivity contribution in [2.45, 2.75) is 57.2 Å². The summed E-state index contributed by atoms with van der Waals surface area (Å²) in [7, 11) is 0. The number of aromatic hydroxyl groups is 2. The van der Waals surface area contributed by atoms with E-state index >= 15 is 0 Å². The molecular weight excluding hydrogens is 672 g/mol. The number of nitrogens with zero attached hydrogens (tertiary/aromatic N) is 2. The number of nitrogens with two attached hydrogens (primary N) is 1. The first-order chi connectivity index (χ1) is 25.3. The van der Waals surface area contributed by atoms with Gasteiger partial charge < -0.3 is 30.7 Å². The highest BCUT2D eigenvalue weighted by atomic mass is 16.6. The number of carbonyl (C=O) groups is 3. The maximum absolute atomic E-state index is 13.8. The summed E-state index contributed by atoms with van der Waals surface area (Å²) in [5, 5.41) is 23.4. The van der Waals surface area contributed by atoms with Gasteiger partial charge >= 0.3 is 5.97 Å². The Kier molecular flexibility index (Phi) is 8.91. The predicted molar refractivity (Wildman–Crippen MR) is 198 cm³/mol. The van der Waals surface area contributed by atoms with Crippen molar-refractivity contribution in [2.75, 3.05) is 11.9 Å². The second kappa shape index (κ2) is 13.4. The minimum atomic E-state index is -1.51. The van der Waals surface area contributed by atoms with E-state index < -0.39 is 28.8 Å². The molecule has 5 aromatic rings. The Labute approximate surface area is 307 Å². The summed E-state index contributed by atoms with van der Waals surface area (Å²) < 4.78 is 12.2. The van der Waals surface area contributed by atoms with E-state index in [-0.39, 0.29) is 46.2 Å². The number of aromatic nitrogens is 1. The van der Waals surface area contributed by atoms with Crippen molar-refractivity contribution in [1.29, 1.82) is 0 Å². The van der Waals surface area contributed by atoms with Crippen molar-refractivity contribution in [3.8, 4) is 23.0 Å². The fourth-order valence-electron chi connectivity index (χ4n) is 7.72. The van der Waals surface area contributed by atoms with Crippen LogP contribution in [0, 0.1) is 0 Å². The van der Waals surface area contributed by atoms with E-state index in [2.05, 4.69) is 42.9 Å². The smallest absolute Gasteiger partial charge is 0.340 e. The summed E-state index contributed by atoms with van der Waals surface area (Å²) in [6.07, 6.45) is 2.05. The van der Waals surface area contributed by atoms with Crippen molar-refractivity contribution in [2.24, 2.45) is 5.73 Å². The predicted octanol–water partition coefficient (Wildman–Crippen LogP) is 6.59. The van der Waals surface area contributed by atoms with Crippen molar-refractivity contribution in [3.63, 3.8) is 0 Å². The number of nitrogens with one attached hydrogen (secondary N) is 1. The van der Waals surface area contributed by atoms with Gasteiger partial charge in [-0.3, -0.25) is 19.5 Å². The van der Waals surface area contributed by atoms with Crippen LogP contribution >= 0.6 is 0 Å². The molecule has 0 saturated heterocycles. The molecule has 0 aliphatic carbocycles. The van der Waals surface area contributed by atoms with E-state index in [0.717, 1.165) is 0 Å². The summed E-state index contributed by atoms with van der Waals surface area (Å²) in [5.41, 5.74) is 6.97. The second-order valence-electron chi connectivity index (χ2n) is 14.0. The van der Waals surface area contributed by atoms with Gasteiger partial charge in [-0.2, -0.15) is 0 Å². The van der Waals surface area contributed by atoms with E-state index in [4.69, 9.17) is 15.2 Å². The number of primary amides is 1. The number of rotatable bonds is 10. The summed E-state index contributed by atoms with van der Waals surface area (Å²) >= 11 is 0. The zero-order valence-corrected chi connectivity index (χ0v) is 29.8. The molecule has 0 saturated carbocycles. The van der Waals surface area contributed by atoms with Crippen molar-refractivity contribution >= 4 is 23.5 Å². The molecule has 2 amide bonds. The molecule has 0 fully saturated rings. The Hall–Kier alpha value is -6.20. The molecule has 2 aliphatic rings. The molecule has 7 rings (SSSR count). The minimum Gasteiger partial charge on any atom is -0.508 e. The number of esters is 1. The van der Waals surface area contributed by atoms with E-state index in [1.807, 2.05) is 12.1 Å². The lowest BCUT2D eigenvalue weighted by molar-refractivity contribution is -0.122. The van der Waals surface area contributed by atoms with Crippen LogP contribution in [0.4, 0.5) is 5.69 Å². The molecule has 11 heteroatoms. The average Bonchev–Trinajstić information content (AvgIpc) is 3.41. The van der Waals surface area contributed by atoms with Crippen molar-refractivity contribution in [1.82, 2.24) is 9.88 Å². The first kappa shape index (κ1) is 35.2. The Morgan fingerprint density at radius 3 is 2.06 bits per heavy atom. The van der Waals surface area contributed by atoms with E-state index in [1.165, 1.54) is 24.3 Å². The molecular formula is C42H40N4O7. The number of ether oxygens (including phenoxy) is 2. The van der Waals surface area contributed by atoms with Gasteiger partial charge in [0.25, 0.3) is 5.91 Å². The number of carbonyl (C=O) groups excluding carboxylic acids is 3. The van der Waals surface area contributed by atoms with Gasteiger partial charge in [0.2, 0.25) is 5.91 Å². The zero-order chi connectivity index (χ0) is 37.7. The molecule has 0 bridgehead atoms. The zero-order valence-electron chi connectivity index (χ0n) is 29.8. The van der Waals surface area contributed by atoms with Crippen LogP contribution in [0.25, 0.3) is 0 Å². The molecule has 53 heavy (non-hydrogen) atoms. The molecule has 1 spiro atoms. The summed E-state index contributed by atoms with van der Waals surface area (Å²) in [4.78, 5) is 47.6. The van der Waals surface area contributed by atoms with Crippen LogP contribution in [-0.4, -0.2) is 56.5 Å². The van der Waals surface area contributed by atoms with Gasteiger partial charge in [-0.05, 0) is 106 Å². The summed E-state index contributed by atoms with van der Waals surface area (Å²) in [6.45, 7) is 9.08. The van der Waals surface area contributed by atoms with E-state index in [1.54, 1.807) is 66.9 Å². The molecule has 3 heterocycles. The number of anilines is 1. The quantitative estimate of drug-likeness (QED) is 0.117. The third kappa shape index (κ3) is 5.92. The molecule has 2 aliphatic heterocycles. The lowest BCUT2D eigenvalue weighted by atomic mass is 9.73. The Balaban J connectivity index is 1.23. The Morgan fingerprint density at radius 1 is 0.849 bits per heavy atom. The highest BCUT2D eigenvalue weighted by Crippen LogP contribution is 2.57.